The minimum absolute atomic E-state index is 0.222. The van der Waals surface area contributed by atoms with Gasteiger partial charge in [0.2, 0.25) is 13.6 Å². The van der Waals surface area contributed by atoms with Gasteiger partial charge in [0.15, 0.2) is 0 Å². The Labute approximate surface area is 127 Å². The van der Waals surface area contributed by atoms with Gasteiger partial charge < -0.3 is 9.47 Å². The number of carbonyl (C=O) groups is 2. The molecule has 22 heavy (non-hydrogen) atoms. The summed E-state index contributed by atoms with van der Waals surface area (Å²) in [6.07, 6.45) is 1.87. The Morgan fingerprint density at radius 3 is 1.82 bits per heavy atom. The van der Waals surface area contributed by atoms with Crippen LogP contribution in [0, 0.1) is 0 Å². The zero-order valence-electron chi connectivity index (χ0n) is 11.7. The lowest BCUT2D eigenvalue weighted by Gasteiger charge is -2.18. The molecule has 0 fully saturated rings. The van der Waals surface area contributed by atoms with Crippen molar-refractivity contribution in [2.45, 2.75) is 0 Å². The normalized spacial score (nSPS) is 10.5. The van der Waals surface area contributed by atoms with Crippen molar-refractivity contribution >= 4 is 24.8 Å². The molecule has 0 bridgehead atoms. The second kappa shape index (κ2) is 8.94. The second-order valence-corrected chi connectivity index (χ2v) is 5.69. The van der Waals surface area contributed by atoms with E-state index in [1.165, 1.54) is 12.1 Å². The number of ether oxygens (including phenoxy) is 2. The molecule has 0 saturated heterocycles. The van der Waals surface area contributed by atoms with Crippen LogP contribution in [0.2, 0.25) is 0 Å². The molecule has 0 heterocycles. The second-order valence-electron chi connectivity index (χ2n) is 3.66. The molecule has 0 spiro atoms. The maximum Gasteiger partial charge on any atom is 0.367 e. The number of hydrogen-bond acceptors (Lipinski definition) is 7. The summed E-state index contributed by atoms with van der Waals surface area (Å²) in [6, 6.07) is 7.97. The van der Waals surface area contributed by atoms with E-state index in [0.29, 0.717) is 0 Å². The third kappa shape index (κ3) is 5.65. The lowest BCUT2D eigenvalue weighted by Crippen LogP contribution is -2.15. The molecule has 0 amide bonds. The van der Waals surface area contributed by atoms with E-state index in [1.807, 2.05) is 0 Å². The van der Waals surface area contributed by atoms with Gasteiger partial charge in [0, 0.05) is 12.2 Å². The Balaban J connectivity index is 2.74. The average Bonchev–Trinajstić information content (AvgIpc) is 2.55. The van der Waals surface area contributed by atoms with Gasteiger partial charge in [0.05, 0.1) is 5.30 Å². The van der Waals surface area contributed by atoms with Gasteiger partial charge in [0.25, 0.3) is 0 Å². The van der Waals surface area contributed by atoms with Crippen molar-refractivity contribution in [2.75, 3.05) is 13.6 Å². The highest BCUT2D eigenvalue weighted by Gasteiger charge is 2.28. The molecule has 0 aliphatic rings. The molecular formula is C14H15O7P. The van der Waals surface area contributed by atoms with Crippen LogP contribution in [0.5, 0.6) is 0 Å². The molecule has 0 aromatic heterocycles. The summed E-state index contributed by atoms with van der Waals surface area (Å²) < 4.78 is 31.9. The quantitative estimate of drug-likeness (QED) is 0.296. The predicted octanol–water partition coefficient (Wildman–Crippen LogP) is 1.91. The number of rotatable bonds is 9. The Bertz CT molecular complexity index is 552. The Hall–Kier alpha value is -2.21. The molecule has 0 atom stereocenters. The smallest absolute Gasteiger partial charge is 0.367 e. The van der Waals surface area contributed by atoms with Crippen LogP contribution in [0.15, 0.2) is 55.6 Å². The van der Waals surface area contributed by atoms with Crippen molar-refractivity contribution in [1.82, 2.24) is 0 Å². The highest BCUT2D eigenvalue weighted by atomic mass is 31.2. The highest BCUT2D eigenvalue weighted by molar-refractivity contribution is 7.62. The minimum Gasteiger partial charge on any atom is -0.435 e. The molecule has 1 aromatic carbocycles. The molecule has 7 nitrogen and oxygen atoms in total. The van der Waals surface area contributed by atoms with Crippen LogP contribution >= 0.6 is 7.60 Å². The van der Waals surface area contributed by atoms with Crippen LogP contribution in [0.3, 0.4) is 0 Å². The van der Waals surface area contributed by atoms with Crippen molar-refractivity contribution in [1.29, 1.82) is 0 Å². The van der Waals surface area contributed by atoms with E-state index in [9.17, 15) is 14.2 Å². The SMILES string of the molecule is C=CC(=O)OCOP(=O)(OCOC(=O)C=C)c1ccccc1. The van der Waals surface area contributed by atoms with Crippen molar-refractivity contribution in [3.05, 3.63) is 55.6 Å². The average molecular weight is 326 g/mol. The fourth-order valence-electron chi connectivity index (χ4n) is 1.22. The first kappa shape index (κ1) is 17.8. The third-order valence-corrected chi connectivity index (χ3v) is 4.07. The standard InChI is InChI=1S/C14H15O7P/c1-3-13(15)18-10-20-22(17,12-8-6-5-7-9-12)21-11-19-14(16)4-2/h3-9H,1-2,10-11H2. The Kier molecular flexibility index (Phi) is 7.25. The zero-order chi connectivity index (χ0) is 16.4. The molecule has 8 heteroatoms. The summed E-state index contributed by atoms with van der Waals surface area (Å²) in [5, 5.41) is 0.222. The van der Waals surface area contributed by atoms with Crippen LogP contribution in [0.1, 0.15) is 0 Å². The van der Waals surface area contributed by atoms with Crippen molar-refractivity contribution in [3.63, 3.8) is 0 Å². The third-order valence-electron chi connectivity index (χ3n) is 2.25. The van der Waals surface area contributed by atoms with Gasteiger partial charge in [-0.3, -0.25) is 13.6 Å². The van der Waals surface area contributed by atoms with Crippen molar-refractivity contribution in [2.24, 2.45) is 0 Å². The molecular weight excluding hydrogens is 311 g/mol. The first-order valence-corrected chi connectivity index (χ1v) is 7.59. The first-order valence-electron chi connectivity index (χ1n) is 6.05. The fourth-order valence-corrected chi connectivity index (χ4v) is 2.52. The highest BCUT2D eigenvalue weighted by Crippen LogP contribution is 2.46. The molecule has 0 radical (unpaired) electrons. The summed E-state index contributed by atoms with van der Waals surface area (Å²) in [6.45, 7) is 5.22. The van der Waals surface area contributed by atoms with Gasteiger partial charge in [0.1, 0.15) is 0 Å². The zero-order valence-corrected chi connectivity index (χ0v) is 12.6. The van der Waals surface area contributed by atoms with Crippen LogP contribution in [-0.4, -0.2) is 25.5 Å². The lowest BCUT2D eigenvalue weighted by molar-refractivity contribution is -0.145. The van der Waals surface area contributed by atoms with Gasteiger partial charge in [-0.1, -0.05) is 31.4 Å². The molecule has 0 N–H and O–H groups in total. The van der Waals surface area contributed by atoms with Gasteiger partial charge in [-0.2, -0.15) is 0 Å². The molecule has 118 valence electrons. The van der Waals surface area contributed by atoms with E-state index >= 15 is 0 Å². The summed E-state index contributed by atoms with van der Waals surface area (Å²) in [7, 11) is -3.83. The maximum absolute atomic E-state index is 12.7. The topological polar surface area (TPSA) is 88.1 Å². The van der Waals surface area contributed by atoms with Gasteiger partial charge in [-0.15, -0.1) is 0 Å². The van der Waals surface area contributed by atoms with E-state index in [1.54, 1.807) is 18.2 Å². The van der Waals surface area contributed by atoms with Crippen molar-refractivity contribution in [3.8, 4) is 0 Å². The molecule has 0 aliphatic carbocycles. The molecule has 0 unspecified atom stereocenters. The maximum atomic E-state index is 12.7. The van der Waals surface area contributed by atoms with Crippen LogP contribution in [0.25, 0.3) is 0 Å². The number of carbonyl (C=O) groups excluding carboxylic acids is 2. The van der Waals surface area contributed by atoms with E-state index in [4.69, 9.17) is 9.05 Å². The van der Waals surface area contributed by atoms with Crippen molar-refractivity contribution < 1.29 is 32.7 Å². The Morgan fingerprint density at radius 1 is 0.955 bits per heavy atom. The number of hydrogen-bond donors (Lipinski definition) is 0. The van der Waals surface area contributed by atoms with Crippen LogP contribution < -0.4 is 5.30 Å². The lowest BCUT2D eigenvalue weighted by atomic mass is 10.4. The summed E-state index contributed by atoms with van der Waals surface area (Å²) in [4.78, 5) is 21.9. The molecule has 0 aliphatic heterocycles. The van der Waals surface area contributed by atoms with Gasteiger partial charge in [-0.05, 0) is 12.1 Å². The summed E-state index contributed by atoms with van der Waals surface area (Å²) in [5.74, 6) is -1.48. The number of benzene rings is 1. The van der Waals surface area contributed by atoms with E-state index < -0.39 is 33.1 Å². The van der Waals surface area contributed by atoms with Crippen LogP contribution in [0.4, 0.5) is 0 Å². The number of esters is 2. The molecule has 1 aromatic rings. The van der Waals surface area contributed by atoms with E-state index in [-0.39, 0.29) is 5.30 Å². The fraction of sp³-hybridized carbons (Fsp3) is 0.143. The summed E-state index contributed by atoms with van der Waals surface area (Å²) >= 11 is 0. The first-order chi connectivity index (χ1) is 10.5. The van der Waals surface area contributed by atoms with E-state index in [2.05, 4.69) is 22.6 Å². The molecule has 1 rings (SSSR count). The molecule has 0 saturated carbocycles. The summed E-state index contributed by atoms with van der Waals surface area (Å²) in [5.41, 5.74) is 0. The minimum atomic E-state index is -3.83. The van der Waals surface area contributed by atoms with Crippen LogP contribution in [-0.2, 0) is 32.7 Å². The predicted molar refractivity (Wildman–Crippen MR) is 78.2 cm³/mol. The van der Waals surface area contributed by atoms with Gasteiger partial charge in [-0.25, -0.2) is 9.59 Å². The monoisotopic (exact) mass is 326 g/mol. The van der Waals surface area contributed by atoms with E-state index in [0.717, 1.165) is 12.2 Å². The van der Waals surface area contributed by atoms with Gasteiger partial charge >= 0.3 is 19.5 Å². The largest absolute Gasteiger partial charge is 0.435 e. The Morgan fingerprint density at radius 2 is 1.41 bits per heavy atom.